The molecule has 4 aromatic rings. The molecule has 29 heavy (non-hydrogen) atoms. The second-order valence-electron chi connectivity index (χ2n) is 7.09. The predicted octanol–water partition coefficient (Wildman–Crippen LogP) is 6.06. The Hall–Kier alpha value is -2.64. The van der Waals surface area contributed by atoms with Crippen LogP contribution in [0.25, 0.3) is 11.0 Å². The van der Waals surface area contributed by atoms with Gasteiger partial charge in [-0.05, 0) is 56.5 Å². The van der Waals surface area contributed by atoms with Crippen molar-refractivity contribution in [3.8, 4) is 0 Å². The molecule has 0 unspecified atom stereocenters. The monoisotopic (exact) mass is 423 g/mol. The zero-order chi connectivity index (χ0) is 20.5. The van der Waals surface area contributed by atoms with Crippen LogP contribution in [0.2, 0.25) is 0 Å². The number of amides is 1. The summed E-state index contributed by atoms with van der Waals surface area (Å²) in [5.74, 6) is 0.820. The van der Waals surface area contributed by atoms with Gasteiger partial charge in [0.25, 0.3) is 5.91 Å². The molecule has 0 bridgehead atoms. The molecule has 5 nitrogen and oxygen atoms in total. The maximum Gasteiger partial charge on any atom is 0.293 e. The number of hydrogen-bond acceptors (Lipinski definition) is 6. The molecule has 0 atom stereocenters. The second-order valence-corrected chi connectivity index (χ2v) is 9.29. The Labute approximate surface area is 177 Å². The first kappa shape index (κ1) is 19.7. The Morgan fingerprint density at radius 3 is 2.69 bits per heavy atom. The van der Waals surface area contributed by atoms with Gasteiger partial charge in [0.2, 0.25) is 5.13 Å². The number of hydrogen-bond donors (Lipinski definition) is 1. The van der Waals surface area contributed by atoms with Crippen molar-refractivity contribution in [3.05, 3.63) is 70.0 Å². The Bertz CT molecular complexity index is 1210. The molecule has 0 saturated carbocycles. The topological polar surface area (TPSA) is 68.0 Å². The van der Waals surface area contributed by atoms with Crippen molar-refractivity contribution in [1.82, 2.24) is 10.2 Å². The molecule has 1 amide bonds. The lowest BCUT2D eigenvalue weighted by Crippen LogP contribution is -2.11. The molecular formula is C22H21N3O2S2. The first-order valence-corrected chi connectivity index (χ1v) is 11.0. The van der Waals surface area contributed by atoms with Crippen LogP contribution < -0.4 is 5.32 Å². The maximum atomic E-state index is 12.7. The fraction of sp³-hybridized carbons (Fsp3) is 0.227. The summed E-state index contributed by atoms with van der Waals surface area (Å²) >= 11 is 2.97. The molecule has 0 saturated heterocycles. The van der Waals surface area contributed by atoms with Crippen molar-refractivity contribution >= 4 is 45.1 Å². The lowest BCUT2D eigenvalue weighted by atomic mass is 10.1. The van der Waals surface area contributed by atoms with E-state index in [0.29, 0.717) is 10.9 Å². The lowest BCUT2D eigenvalue weighted by Gasteiger charge is -2.00. The van der Waals surface area contributed by atoms with Crippen molar-refractivity contribution in [2.75, 3.05) is 5.32 Å². The minimum Gasteiger partial charge on any atom is -0.451 e. The third-order valence-corrected chi connectivity index (χ3v) is 6.87. The number of rotatable bonds is 5. The molecule has 0 spiro atoms. The van der Waals surface area contributed by atoms with E-state index in [2.05, 4.69) is 59.7 Å². The smallest absolute Gasteiger partial charge is 0.293 e. The number of nitrogens with zero attached hydrogens (tertiary/aromatic N) is 2. The van der Waals surface area contributed by atoms with Crippen LogP contribution in [0.1, 0.15) is 38.4 Å². The van der Waals surface area contributed by atoms with Crippen LogP contribution in [0.5, 0.6) is 0 Å². The standard InChI is InChI=1S/C22H21N3O2S2/c1-12-6-5-7-16(8-12)11-28-22-25-24-21(29-22)23-20(26)19-15(4)17-9-13(2)14(3)10-18(17)27-19/h5-10H,11H2,1-4H3,(H,23,24,26). The van der Waals surface area contributed by atoms with Gasteiger partial charge in [-0.15, -0.1) is 10.2 Å². The van der Waals surface area contributed by atoms with E-state index in [1.807, 2.05) is 19.9 Å². The number of carbonyl (C=O) groups excluding carboxylic acids is 1. The maximum absolute atomic E-state index is 12.7. The number of thioether (sulfide) groups is 1. The highest BCUT2D eigenvalue weighted by atomic mass is 32.2. The van der Waals surface area contributed by atoms with Gasteiger partial charge in [-0.1, -0.05) is 52.9 Å². The van der Waals surface area contributed by atoms with E-state index in [1.54, 1.807) is 11.8 Å². The highest BCUT2D eigenvalue weighted by Gasteiger charge is 2.20. The van der Waals surface area contributed by atoms with Crippen molar-refractivity contribution in [3.63, 3.8) is 0 Å². The lowest BCUT2D eigenvalue weighted by molar-refractivity contribution is 0.0998. The number of aryl methyl sites for hydroxylation is 4. The Balaban J connectivity index is 1.46. The van der Waals surface area contributed by atoms with E-state index in [4.69, 9.17) is 4.42 Å². The van der Waals surface area contributed by atoms with Crippen molar-refractivity contribution in [2.24, 2.45) is 0 Å². The van der Waals surface area contributed by atoms with Crippen LogP contribution in [-0.2, 0) is 5.75 Å². The number of aromatic nitrogens is 2. The number of anilines is 1. The van der Waals surface area contributed by atoms with Crippen molar-refractivity contribution < 1.29 is 9.21 Å². The summed E-state index contributed by atoms with van der Waals surface area (Å²) in [4.78, 5) is 12.7. The van der Waals surface area contributed by atoms with E-state index in [1.165, 1.54) is 28.0 Å². The molecule has 0 aliphatic rings. The molecule has 148 valence electrons. The summed E-state index contributed by atoms with van der Waals surface area (Å²) in [5, 5.41) is 12.5. The number of nitrogens with one attached hydrogen (secondary N) is 1. The molecule has 2 aromatic carbocycles. The number of furan rings is 1. The first-order chi connectivity index (χ1) is 13.9. The molecule has 0 aliphatic heterocycles. The third kappa shape index (κ3) is 4.21. The van der Waals surface area contributed by atoms with Crippen LogP contribution in [0.4, 0.5) is 5.13 Å². The molecule has 0 fully saturated rings. The Morgan fingerprint density at radius 1 is 1.10 bits per heavy atom. The first-order valence-electron chi connectivity index (χ1n) is 9.24. The van der Waals surface area contributed by atoms with Crippen LogP contribution in [0.3, 0.4) is 0 Å². The highest BCUT2D eigenvalue weighted by molar-refractivity contribution is 8.00. The number of benzene rings is 2. The summed E-state index contributed by atoms with van der Waals surface area (Å²) in [7, 11) is 0. The van der Waals surface area contributed by atoms with Gasteiger partial charge in [-0.2, -0.15) is 0 Å². The van der Waals surface area contributed by atoms with E-state index >= 15 is 0 Å². The highest BCUT2D eigenvalue weighted by Crippen LogP contribution is 2.31. The van der Waals surface area contributed by atoms with Gasteiger partial charge in [0.1, 0.15) is 5.58 Å². The summed E-state index contributed by atoms with van der Waals surface area (Å²) in [5.41, 5.74) is 6.34. The molecule has 2 aromatic heterocycles. The number of carbonyl (C=O) groups is 1. The zero-order valence-corrected chi connectivity index (χ0v) is 18.3. The van der Waals surface area contributed by atoms with Gasteiger partial charge in [-0.3, -0.25) is 10.1 Å². The van der Waals surface area contributed by atoms with Gasteiger partial charge in [0, 0.05) is 16.7 Å². The minimum absolute atomic E-state index is 0.305. The fourth-order valence-electron chi connectivity index (χ4n) is 3.11. The molecular weight excluding hydrogens is 402 g/mol. The largest absolute Gasteiger partial charge is 0.451 e. The van der Waals surface area contributed by atoms with Crippen molar-refractivity contribution in [2.45, 2.75) is 37.8 Å². The van der Waals surface area contributed by atoms with Crippen LogP contribution in [-0.4, -0.2) is 16.1 Å². The molecule has 0 aliphatic carbocycles. The SMILES string of the molecule is Cc1cccc(CSc2nnc(NC(=O)c3oc4cc(C)c(C)cc4c3C)s2)c1. The van der Waals surface area contributed by atoms with E-state index in [0.717, 1.165) is 32.2 Å². The normalized spacial score (nSPS) is 11.2. The zero-order valence-electron chi connectivity index (χ0n) is 16.7. The summed E-state index contributed by atoms with van der Waals surface area (Å²) in [6.07, 6.45) is 0. The van der Waals surface area contributed by atoms with Crippen LogP contribution in [0.15, 0.2) is 45.2 Å². The van der Waals surface area contributed by atoms with E-state index < -0.39 is 0 Å². The summed E-state index contributed by atoms with van der Waals surface area (Å²) < 4.78 is 6.65. The fourth-order valence-corrected chi connectivity index (χ4v) is 4.80. The molecule has 7 heteroatoms. The second kappa shape index (κ2) is 8.00. The van der Waals surface area contributed by atoms with Gasteiger partial charge in [-0.25, -0.2) is 0 Å². The minimum atomic E-state index is -0.305. The Morgan fingerprint density at radius 2 is 1.90 bits per heavy atom. The molecule has 0 radical (unpaired) electrons. The average molecular weight is 424 g/mol. The third-order valence-electron chi connectivity index (χ3n) is 4.83. The molecule has 2 heterocycles. The predicted molar refractivity (Wildman–Crippen MR) is 119 cm³/mol. The van der Waals surface area contributed by atoms with Gasteiger partial charge in [0.05, 0.1) is 0 Å². The van der Waals surface area contributed by atoms with Crippen molar-refractivity contribution in [1.29, 1.82) is 0 Å². The van der Waals surface area contributed by atoms with E-state index in [-0.39, 0.29) is 5.91 Å². The van der Waals surface area contributed by atoms with Crippen LogP contribution >= 0.6 is 23.1 Å². The quantitative estimate of drug-likeness (QED) is 0.312. The summed E-state index contributed by atoms with van der Waals surface area (Å²) in [6, 6.07) is 12.4. The molecule has 4 rings (SSSR count). The average Bonchev–Trinajstić information content (AvgIpc) is 3.25. The van der Waals surface area contributed by atoms with Crippen LogP contribution in [0, 0.1) is 27.7 Å². The van der Waals surface area contributed by atoms with E-state index in [9.17, 15) is 4.79 Å². The summed E-state index contributed by atoms with van der Waals surface area (Å²) in [6.45, 7) is 8.07. The van der Waals surface area contributed by atoms with Gasteiger partial charge in [0.15, 0.2) is 10.1 Å². The molecule has 1 N–H and O–H groups in total. The van der Waals surface area contributed by atoms with Gasteiger partial charge < -0.3 is 4.42 Å². The number of fused-ring (bicyclic) bond motifs is 1. The van der Waals surface area contributed by atoms with Gasteiger partial charge >= 0.3 is 0 Å². The Kier molecular flexibility index (Phi) is 5.43.